The van der Waals surface area contributed by atoms with Gasteiger partial charge in [-0.25, -0.2) is 9.97 Å². The molecule has 1 aliphatic rings. The standard InChI is InChI=1S/C14H16N6/c15-9-11-14(17-12-3-1-2-5-20(11)12)19-8-7-18-6-4-16-13(18)10-19/h1-6H,7-10,15H2. The van der Waals surface area contributed by atoms with Crippen LogP contribution in [0.3, 0.4) is 0 Å². The van der Waals surface area contributed by atoms with Gasteiger partial charge >= 0.3 is 0 Å². The Morgan fingerprint density at radius 1 is 1.20 bits per heavy atom. The maximum Gasteiger partial charge on any atom is 0.152 e. The number of fused-ring (bicyclic) bond motifs is 2. The summed E-state index contributed by atoms with van der Waals surface area (Å²) in [6.07, 6.45) is 5.89. The van der Waals surface area contributed by atoms with E-state index in [1.54, 1.807) is 0 Å². The van der Waals surface area contributed by atoms with Crippen LogP contribution >= 0.6 is 0 Å². The Balaban J connectivity index is 1.79. The molecule has 0 saturated heterocycles. The van der Waals surface area contributed by atoms with Crippen molar-refractivity contribution in [2.24, 2.45) is 5.73 Å². The number of hydrogen-bond donors (Lipinski definition) is 1. The van der Waals surface area contributed by atoms with E-state index in [0.717, 1.165) is 42.6 Å². The normalized spacial score (nSPS) is 14.8. The number of aromatic nitrogens is 4. The van der Waals surface area contributed by atoms with Gasteiger partial charge in [-0.2, -0.15) is 0 Å². The maximum absolute atomic E-state index is 5.93. The van der Waals surface area contributed by atoms with Gasteiger partial charge < -0.3 is 19.6 Å². The maximum atomic E-state index is 5.93. The van der Waals surface area contributed by atoms with Gasteiger partial charge in [0.2, 0.25) is 0 Å². The first-order chi connectivity index (χ1) is 9.86. The Kier molecular flexibility index (Phi) is 2.50. The van der Waals surface area contributed by atoms with Gasteiger partial charge in [0.25, 0.3) is 0 Å². The highest BCUT2D eigenvalue weighted by Crippen LogP contribution is 2.24. The molecule has 6 heteroatoms. The second-order valence-electron chi connectivity index (χ2n) is 4.97. The van der Waals surface area contributed by atoms with Gasteiger partial charge in [-0.1, -0.05) is 6.07 Å². The highest BCUT2D eigenvalue weighted by molar-refractivity contribution is 5.56. The first-order valence-electron chi connectivity index (χ1n) is 6.78. The molecule has 0 amide bonds. The molecule has 3 aromatic heterocycles. The molecule has 4 heterocycles. The molecule has 0 radical (unpaired) electrons. The molecule has 1 aliphatic heterocycles. The van der Waals surface area contributed by atoms with Crippen LogP contribution in [0.15, 0.2) is 36.8 Å². The third-order valence-electron chi connectivity index (χ3n) is 3.85. The minimum absolute atomic E-state index is 0.478. The minimum atomic E-state index is 0.478. The van der Waals surface area contributed by atoms with E-state index in [2.05, 4.69) is 18.9 Å². The van der Waals surface area contributed by atoms with Crippen LogP contribution in [0.2, 0.25) is 0 Å². The van der Waals surface area contributed by atoms with E-state index in [1.165, 1.54) is 0 Å². The molecule has 0 aliphatic carbocycles. The Hall–Kier alpha value is -2.34. The Labute approximate surface area is 116 Å². The summed E-state index contributed by atoms with van der Waals surface area (Å²) in [6, 6.07) is 6.00. The van der Waals surface area contributed by atoms with E-state index in [-0.39, 0.29) is 0 Å². The number of imidazole rings is 2. The highest BCUT2D eigenvalue weighted by Gasteiger charge is 2.22. The van der Waals surface area contributed by atoms with Gasteiger partial charge in [0, 0.05) is 38.2 Å². The second-order valence-corrected chi connectivity index (χ2v) is 4.97. The van der Waals surface area contributed by atoms with Crippen molar-refractivity contribution >= 4 is 11.5 Å². The topological polar surface area (TPSA) is 64.4 Å². The molecular weight excluding hydrogens is 252 g/mol. The van der Waals surface area contributed by atoms with E-state index in [1.807, 2.05) is 36.8 Å². The smallest absolute Gasteiger partial charge is 0.152 e. The molecule has 2 N–H and O–H groups in total. The molecule has 6 nitrogen and oxygen atoms in total. The van der Waals surface area contributed by atoms with Crippen molar-refractivity contribution in [3.63, 3.8) is 0 Å². The van der Waals surface area contributed by atoms with Crippen LogP contribution in [0, 0.1) is 0 Å². The van der Waals surface area contributed by atoms with Crippen molar-refractivity contribution in [1.82, 2.24) is 18.9 Å². The lowest BCUT2D eigenvalue weighted by Crippen LogP contribution is -2.34. The summed E-state index contributed by atoms with van der Waals surface area (Å²) in [7, 11) is 0. The monoisotopic (exact) mass is 268 g/mol. The largest absolute Gasteiger partial charge is 0.346 e. The summed E-state index contributed by atoms with van der Waals surface area (Å²) >= 11 is 0. The first kappa shape index (κ1) is 11.5. The molecule has 0 bridgehead atoms. The van der Waals surface area contributed by atoms with Crippen LogP contribution in [0.5, 0.6) is 0 Å². The number of hydrogen-bond acceptors (Lipinski definition) is 4. The van der Waals surface area contributed by atoms with E-state index < -0.39 is 0 Å². The first-order valence-corrected chi connectivity index (χ1v) is 6.78. The molecule has 4 rings (SSSR count). The zero-order valence-electron chi connectivity index (χ0n) is 11.1. The molecule has 0 unspecified atom stereocenters. The zero-order valence-corrected chi connectivity index (χ0v) is 11.1. The number of nitrogens with zero attached hydrogens (tertiary/aromatic N) is 5. The quantitative estimate of drug-likeness (QED) is 0.753. The Bertz CT molecular complexity index is 756. The predicted octanol–water partition coefficient (Wildman–Crippen LogP) is 1.01. The third kappa shape index (κ3) is 1.61. The predicted molar refractivity (Wildman–Crippen MR) is 76.4 cm³/mol. The summed E-state index contributed by atoms with van der Waals surface area (Å²) in [6.45, 7) is 3.13. The molecule has 0 spiro atoms. The second kappa shape index (κ2) is 4.35. The highest BCUT2D eigenvalue weighted by atomic mass is 15.3. The Morgan fingerprint density at radius 2 is 2.15 bits per heavy atom. The molecule has 0 atom stereocenters. The number of anilines is 1. The van der Waals surface area contributed by atoms with E-state index >= 15 is 0 Å². The molecule has 0 saturated carbocycles. The summed E-state index contributed by atoms with van der Waals surface area (Å²) in [5.41, 5.74) is 7.93. The third-order valence-corrected chi connectivity index (χ3v) is 3.85. The van der Waals surface area contributed by atoms with E-state index in [4.69, 9.17) is 10.7 Å². The average Bonchev–Trinajstić information content (AvgIpc) is 3.10. The zero-order chi connectivity index (χ0) is 13.5. The van der Waals surface area contributed by atoms with Gasteiger partial charge in [-0.3, -0.25) is 0 Å². The molecule has 0 fully saturated rings. The number of pyridine rings is 1. The van der Waals surface area contributed by atoms with Crippen molar-refractivity contribution in [2.45, 2.75) is 19.6 Å². The van der Waals surface area contributed by atoms with E-state index in [9.17, 15) is 0 Å². The average molecular weight is 268 g/mol. The van der Waals surface area contributed by atoms with Crippen molar-refractivity contribution in [2.75, 3.05) is 11.4 Å². The van der Waals surface area contributed by atoms with Crippen LogP contribution in [0.1, 0.15) is 11.5 Å². The van der Waals surface area contributed by atoms with Gasteiger partial charge in [-0.05, 0) is 12.1 Å². The number of nitrogens with two attached hydrogens (primary N) is 1. The number of rotatable bonds is 2. The lowest BCUT2D eigenvalue weighted by molar-refractivity contribution is 0.555. The van der Waals surface area contributed by atoms with Gasteiger partial charge in [-0.15, -0.1) is 0 Å². The van der Waals surface area contributed by atoms with E-state index in [0.29, 0.717) is 6.54 Å². The Morgan fingerprint density at radius 3 is 3.05 bits per heavy atom. The fraction of sp³-hybridized carbons (Fsp3) is 0.286. The van der Waals surface area contributed by atoms with Crippen LogP contribution in [-0.4, -0.2) is 25.5 Å². The van der Waals surface area contributed by atoms with Crippen LogP contribution < -0.4 is 10.6 Å². The summed E-state index contributed by atoms with van der Waals surface area (Å²) in [5, 5.41) is 0. The SMILES string of the molecule is NCc1c(N2CCn3ccnc3C2)nc2ccccn12. The molecule has 3 aromatic rings. The van der Waals surface area contributed by atoms with Crippen LogP contribution in [0.4, 0.5) is 5.82 Å². The van der Waals surface area contributed by atoms with Gasteiger partial charge in [0.15, 0.2) is 5.82 Å². The lowest BCUT2D eigenvalue weighted by Gasteiger charge is -2.28. The van der Waals surface area contributed by atoms with Crippen LogP contribution in [-0.2, 0) is 19.6 Å². The molecule has 102 valence electrons. The minimum Gasteiger partial charge on any atom is -0.346 e. The molecule has 0 aromatic carbocycles. The van der Waals surface area contributed by atoms with Gasteiger partial charge in [0.1, 0.15) is 11.5 Å². The van der Waals surface area contributed by atoms with Crippen LogP contribution in [0.25, 0.3) is 5.65 Å². The fourth-order valence-electron chi connectivity index (χ4n) is 2.83. The summed E-state index contributed by atoms with van der Waals surface area (Å²) in [5.74, 6) is 2.06. The fourth-order valence-corrected chi connectivity index (χ4v) is 2.83. The van der Waals surface area contributed by atoms with Crippen molar-refractivity contribution < 1.29 is 0 Å². The van der Waals surface area contributed by atoms with Crippen molar-refractivity contribution in [3.05, 3.63) is 48.3 Å². The van der Waals surface area contributed by atoms with Crippen molar-refractivity contribution in [1.29, 1.82) is 0 Å². The van der Waals surface area contributed by atoms with Gasteiger partial charge in [0.05, 0.1) is 12.2 Å². The molecule has 20 heavy (non-hydrogen) atoms. The summed E-state index contributed by atoms with van der Waals surface area (Å²) < 4.78 is 4.25. The molecular formula is C14H16N6. The van der Waals surface area contributed by atoms with Crippen molar-refractivity contribution in [3.8, 4) is 0 Å². The lowest BCUT2D eigenvalue weighted by atomic mass is 10.3. The summed E-state index contributed by atoms with van der Waals surface area (Å²) in [4.78, 5) is 11.4.